The van der Waals surface area contributed by atoms with Crippen LogP contribution in [0.2, 0.25) is 0 Å². The van der Waals surface area contributed by atoms with Gasteiger partial charge in [-0.15, -0.1) is 0 Å². The highest BCUT2D eigenvalue weighted by Crippen LogP contribution is 2.38. The Morgan fingerprint density at radius 1 is 1.15 bits per heavy atom. The minimum atomic E-state index is -4.42. The van der Waals surface area contributed by atoms with Gasteiger partial charge in [0.25, 0.3) is 0 Å². The molecule has 2 heterocycles. The summed E-state index contributed by atoms with van der Waals surface area (Å²) in [5.74, 6) is 0.349. The lowest BCUT2D eigenvalue weighted by Gasteiger charge is -2.41. The molecule has 1 aromatic carbocycles. The van der Waals surface area contributed by atoms with Crippen molar-refractivity contribution in [3.8, 4) is 0 Å². The molecule has 1 aromatic rings. The van der Waals surface area contributed by atoms with Crippen molar-refractivity contribution in [2.24, 2.45) is 16.8 Å². The lowest BCUT2D eigenvalue weighted by Crippen LogP contribution is -2.53. The first-order valence-electron chi connectivity index (χ1n) is 11.4. The maximum absolute atomic E-state index is 13.3. The van der Waals surface area contributed by atoms with Crippen molar-refractivity contribution in [1.82, 2.24) is 9.80 Å². The van der Waals surface area contributed by atoms with Gasteiger partial charge in [-0.1, -0.05) is 24.8 Å². The van der Waals surface area contributed by atoms with E-state index in [4.69, 9.17) is 9.47 Å². The van der Waals surface area contributed by atoms with Crippen molar-refractivity contribution in [3.05, 3.63) is 47.7 Å². The van der Waals surface area contributed by atoms with Crippen LogP contribution >= 0.6 is 0 Å². The van der Waals surface area contributed by atoms with Crippen LogP contribution in [0.25, 0.3) is 0 Å². The standard InChI is InChI=1S/C24H30F3N3O3/c1-16(17-6-7-17)28-22(32-2)20-12-19(18-4-3-5-21(13-18)24(25,26)27)14-30(15-20)23(31)29-8-10-33-11-9-29/h3-5,13,17,19-20H,1,6-12,14-15H2,2H3. The van der Waals surface area contributed by atoms with E-state index < -0.39 is 11.7 Å². The first-order valence-corrected chi connectivity index (χ1v) is 11.4. The van der Waals surface area contributed by atoms with Gasteiger partial charge in [0, 0.05) is 43.7 Å². The quantitative estimate of drug-likeness (QED) is 0.485. The molecule has 2 atom stereocenters. The van der Waals surface area contributed by atoms with E-state index in [1.54, 1.807) is 23.0 Å². The van der Waals surface area contributed by atoms with Gasteiger partial charge in [-0.3, -0.25) is 0 Å². The van der Waals surface area contributed by atoms with E-state index in [2.05, 4.69) is 11.6 Å². The first-order chi connectivity index (χ1) is 15.8. The summed E-state index contributed by atoms with van der Waals surface area (Å²) in [6.07, 6.45) is -1.77. The summed E-state index contributed by atoms with van der Waals surface area (Å²) < 4.78 is 51.0. The average molecular weight is 466 g/mol. The Labute approximate surface area is 192 Å². The number of urea groups is 1. The Balaban J connectivity index is 1.61. The van der Waals surface area contributed by atoms with Gasteiger partial charge in [-0.05, 0) is 30.9 Å². The maximum atomic E-state index is 13.3. The number of ether oxygens (including phenoxy) is 2. The van der Waals surface area contributed by atoms with Crippen LogP contribution in [-0.4, -0.2) is 68.2 Å². The van der Waals surface area contributed by atoms with E-state index in [1.807, 2.05) is 0 Å². The number of allylic oxidation sites excluding steroid dienone is 1. The molecule has 4 rings (SSSR count). The molecule has 1 aliphatic carbocycles. The second kappa shape index (κ2) is 9.75. The topological polar surface area (TPSA) is 54.4 Å². The lowest BCUT2D eigenvalue weighted by atomic mass is 9.83. The fourth-order valence-corrected chi connectivity index (χ4v) is 4.55. The molecule has 6 nitrogen and oxygen atoms in total. The number of hydrogen-bond donors (Lipinski definition) is 0. The van der Waals surface area contributed by atoms with E-state index in [-0.39, 0.29) is 17.9 Å². The molecule has 1 saturated carbocycles. The van der Waals surface area contributed by atoms with Crippen LogP contribution in [-0.2, 0) is 15.7 Å². The predicted molar refractivity (Wildman–Crippen MR) is 118 cm³/mol. The van der Waals surface area contributed by atoms with Crippen molar-refractivity contribution in [2.75, 3.05) is 46.5 Å². The van der Waals surface area contributed by atoms with Crippen molar-refractivity contribution in [3.63, 3.8) is 0 Å². The number of carbonyl (C=O) groups excluding carboxylic acids is 1. The van der Waals surface area contributed by atoms with Crippen LogP contribution < -0.4 is 0 Å². The number of carbonyl (C=O) groups is 1. The zero-order valence-electron chi connectivity index (χ0n) is 18.8. The molecule has 0 bridgehead atoms. The summed E-state index contributed by atoms with van der Waals surface area (Å²) in [5.41, 5.74) is 0.640. The summed E-state index contributed by atoms with van der Waals surface area (Å²) in [5, 5.41) is 0. The van der Waals surface area contributed by atoms with Crippen molar-refractivity contribution < 1.29 is 27.4 Å². The number of alkyl halides is 3. The van der Waals surface area contributed by atoms with Crippen LogP contribution in [0.4, 0.5) is 18.0 Å². The van der Waals surface area contributed by atoms with Crippen LogP contribution in [0, 0.1) is 11.8 Å². The second-order valence-corrected chi connectivity index (χ2v) is 8.96. The summed E-state index contributed by atoms with van der Waals surface area (Å²) in [4.78, 5) is 21.4. The zero-order chi connectivity index (χ0) is 23.6. The lowest BCUT2D eigenvalue weighted by molar-refractivity contribution is -0.137. The summed E-state index contributed by atoms with van der Waals surface area (Å²) in [6, 6.07) is 5.26. The molecule has 2 aliphatic heterocycles. The Kier molecular flexibility index (Phi) is 6.97. The molecule has 3 aliphatic rings. The third-order valence-electron chi connectivity index (χ3n) is 6.55. The minimum Gasteiger partial charge on any atom is -0.484 e. The molecule has 3 fully saturated rings. The second-order valence-electron chi connectivity index (χ2n) is 8.96. The van der Waals surface area contributed by atoms with Gasteiger partial charge in [0.05, 0.1) is 31.8 Å². The maximum Gasteiger partial charge on any atom is 0.416 e. The Bertz CT molecular complexity index is 908. The molecule has 33 heavy (non-hydrogen) atoms. The number of methoxy groups -OCH3 is 1. The summed E-state index contributed by atoms with van der Waals surface area (Å²) >= 11 is 0. The van der Waals surface area contributed by atoms with E-state index >= 15 is 0 Å². The van der Waals surface area contributed by atoms with E-state index in [1.165, 1.54) is 12.1 Å². The minimum absolute atomic E-state index is 0.128. The fourth-order valence-electron chi connectivity index (χ4n) is 4.55. The number of amides is 2. The van der Waals surface area contributed by atoms with Gasteiger partial charge in [-0.2, -0.15) is 13.2 Å². The number of likely N-dealkylation sites (tertiary alicyclic amines) is 1. The molecule has 0 aromatic heterocycles. The van der Waals surface area contributed by atoms with Crippen molar-refractivity contribution in [2.45, 2.75) is 31.4 Å². The van der Waals surface area contributed by atoms with Gasteiger partial charge in [-0.25, -0.2) is 9.79 Å². The van der Waals surface area contributed by atoms with Gasteiger partial charge >= 0.3 is 12.2 Å². The monoisotopic (exact) mass is 465 g/mol. The highest BCUT2D eigenvalue weighted by molar-refractivity contribution is 5.82. The van der Waals surface area contributed by atoms with Crippen LogP contribution in [0.1, 0.15) is 36.3 Å². The molecule has 0 radical (unpaired) electrons. The Hall–Kier alpha value is -2.55. The molecule has 2 saturated heterocycles. The third-order valence-corrected chi connectivity index (χ3v) is 6.55. The Morgan fingerprint density at radius 2 is 1.88 bits per heavy atom. The molecular weight excluding hydrogens is 435 g/mol. The van der Waals surface area contributed by atoms with Crippen LogP contribution in [0.3, 0.4) is 0 Å². The van der Waals surface area contributed by atoms with E-state index in [0.29, 0.717) is 63.2 Å². The summed E-state index contributed by atoms with van der Waals surface area (Å²) in [6.45, 7) is 6.74. The third kappa shape index (κ3) is 5.69. The molecule has 180 valence electrons. The largest absolute Gasteiger partial charge is 0.484 e. The van der Waals surface area contributed by atoms with E-state index in [9.17, 15) is 18.0 Å². The normalized spacial score (nSPS) is 24.5. The number of rotatable bonds is 4. The molecule has 0 spiro atoms. The number of hydrogen-bond acceptors (Lipinski definition) is 4. The smallest absolute Gasteiger partial charge is 0.416 e. The van der Waals surface area contributed by atoms with Gasteiger partial charge in [0.2, 0.25) is 0 Å². The number of halogens is 3. The highest BCUT2D eigenvalue weighted by Gasteiger charge is 2.38. The Morgan fingerprint density at radius 3 is 2.52 bits per heavy atom. The fraction of sp³-hybridized carbons (Fsp3) is 0.583. The van der Waals surface area contributed by atoms with Crippen LogP contribution in [0.15, 0.2) is 41.5 Å². The number of piperidine rings is 1. The van der Waals surface area contributed by atoms with Gasteiger partial charge < -0.3 is 19.3 Å². The molecular formula is C24H30F3N3O3. The van der Waals surface area contributed by atoms with Gasteiger partial charge in [0.15, 0.2) is 5.90 Å². The number of nitrogens with zero attached hydrogens (tertiary/aromatic N) is 3. The SMILES string of the molecule is C=C(N=C(OC)C1CC(c2cccc(C(F)(F)F)c2)CN(C(=O)N2CCOCC2)C1)C1CC1. The van der Waals surface area contributed by atoms with Gasteiger partial charge in [0.1, 0.15) is 0 Å². The highest BCUT2D eigenvalue weighted by atomic mass is 19.4. The predicted octanol–water partition coefficient (Wildman–Crippen LogP) is 4.53. The average Bonchev–Trinajstić information content (AvgIpc) is 3.67. The first kappa shape index (κ1) is 23.6. The number of aliphatic imine (C=N–C) groups is 1. The number of benzene rings is 1. The van der Waals surface area contributed by atoms with E-state index in [0.717, 1.165) is 24.6 Å². The van der Waals surface area contributed by atoms with Crippen molar-refractivity contribution in [1.29, 1.82) is 0 Å². The molecule has 0 N–H and O–H groups in total. The molecule has 9 heteroatoms. The van der Waals surface area contributed by atoms with Crippen LogP contribution in [0.5, 0.6) is 0 Å². The van der Waals surface area contributed by atoms with Crippen molar-refractivity contribution >= 4 is 11.9 Å². The molecule has 2 unspecified atom stereocenters. The number of morpholine rings is 1. The molecule has 2 amide bonds. The summed E-state index contributed by atoms with van der Waals surface area (Å²) in [7, 11) is 1.54. The zero-order valence-corrected chi connectivity index (χ0v) is 18.8.